The number of likely N-dealkylation sites (tertiary alicyclic amines) is 1. The topological polar surface area (TPSA) is 37.4 Å². The van der Waals surface area contributed by atoms with E-state index in [2.05, 4.69) is 13.8 Å². The summed E-state index contributed by atoms with van der Waals surface area (Å²) >= 11 is 1.65. The fraction of sp³-hybridized carbons (Fsp3) is 0.833. The predicted octanol–water partition coefficient (Wildman–Crippen LogP) is 2.45. The van der Waals surface area contributed by atoms with E-state index < -0.39 is 0 Å². The van der Waals surface area contributed by atoms with Crippen LogP contribution in [0.4, 0.5) is 0 Å². The fourth-order valence-corrected chi connectivity index (χ4v) is 2.97. The lowest BCUT2D eigenvalue weighted by Crippen LogP contribution is -2.32. The minimum absolute atomic E-state index is 0.0208. The zero-order chi connectivity index (χ0) is 12.0. The van der Waals surface area contributed by atoms with Crippen LogP contribution in [0.3, 0.4) is 0 Å². The smallest absolute Gasteiger partial charge is 0.242 e. The number of nitrogens with zero attached hydrogens (tertiary/aromatic N) is 1. The highest BCUT2D eigenvalue weighted by molar-refractivity contribution is 8.00. The highest BCUT2D eigenvalue weighted by Gasteiger charge is 2.37. The summed E-state index contributed by atoms with van der Waals surface area (Å²) in [6, 6.07) is 0. The van der Waals surface area contributed by atoms with Crippen LogP contribution in [0.1, 0.15) is 46.0 Å². The van der Waals surface area contributed by atoms with Crippen molar-refractivity contribution in [2.24, 2.45) is 0 Å². The number of unbranched alkanes of at least 4 members (excludes halogenated alkanes) is 2. The first-order valence-corrected chi connectivity index (χ1v) is 7.21. The molecule has 4 heteroatoms. The number of carbonyl (C=O) groups is 2. The maximum Gasteiger partial charge on any atom is 0.242 e. The molecule has 0 N–H and O–H groups in total. The van der Waals surface area contributed by atoms with Gasteiger partial charge in [-0.2, -0.15) is 0 Å². The van der Waals surface area contributed by atoms with E-state index in [1.807, 2.05) is 0 Å². The lowest BCUT2D eigenvalue weighted by molar-refractivity contribution is -0.138. The molecule has 2 amide bonds. The SMILES string of the molecule is CCCCSC1CC(=O)N(CCCC)C1=O. The number of rotatable bonds is 7. The first-order valence-electron chi connectivity index (χ1n) is 6.16. The summed E-state index contributed by atoms with van der Waals surface area (Å²) < 4.78 is 0. The summed E-state index contributed by atoms with van der Waals surface area (Å²) in [5.74, 6) is 1.05. The van der Waals surface area contributed by atoms with Gasteiger partial charge in [0.25, 0.3) is 0 Å². The van der Waals surface area contributed by atoms with E-state index in [1.165, 1.54) is 4.90 Å². The van der Waals surface area contributed by atoms with Crippen LogP contribution in [-0.2, 0) is 9.59 Å². The van der Waals surface area contributed by atoms with Crippen molar-refractivity contribution < 1.29 is 9.59 Å². The molecule has 1 fully saturated rings. The highest BCUT2D eigenvalue weighted by Crippen LogP contribution is 2.26. The highest BCUT2D eigenvalue weighted by atomic mass is 32.2. The standard InChI is InChI=1S/C12H21NO2S/c1-3-5-7-13-11(14)9-10(12(13)15)16-8-6-4-2/h10H,3-9H2,1-2H3. The number of amides is 2. The number of thioether (sulfide) groups is 1. The van der Waals surface area contributed by atoms with E-state index in [1.54, 1.807) is 11.8 Å². The van der Waals surface area contributed by atoms with E-state index in [0.717, 1.165) is 31.4 Å². The van der Waals surface area contributed by atoms with Gasteiger partial charge in [0.1, 0.15) is 0 Å². The third kappa shape index (κ3) is 3.51. The second-order valence-electron chi connectivity index (χ2n) is 4.15. The van der Waals surface area contributed by atoms with Crippen molar-refractivity contribution in [3.05, 3.63) is 0 Å². The molecule has 3 nitrogen and oxygen atoms in total. The second-order valence-corrected chi connectivity index (χ2v) is 5.46. The minimum atomic E-state index is -0.101. The number of carbonyl (C=O) groups excluding carboxylic acids is 2. The molecule has 1 atom stereocenters. The van der Waals surface area contributed by atoms with Crippen molar-refractivity contribution in [2.45, 2.75) is 51.2 Å². The van der Waals surface area contributed by atoms with Gasteiger partial charge in [0.05, 0.1) is 5.25 Å². The fourth-order valence-electron chi connectivity index (χ4n) is 1.70. The maximum absolute atomic E-state index is 11.9. The van der Waals surface area contributed by atoms with Crippen molar-refractivity contribution in [1.82, 2.24) is 4.90 Å². The van der Waals surface area contributed by atoms with Crippen LogP contribution in [0.25, 0.3) is 0 Å². The van der Waals surface area contributed by atoms with Gasteiger partial charge in [0.15, 0.2) is 0 Å². The molecule has 1 aliphatic heterocycles. The molecule has 1 saturated heterocycles. The second kappa shape index (κ2) is 6.94. The Balaban J connectivity index is 2.40. The summed E-state index contributed by atoms with van der Waals surface area (Å²) in [4.78, 5) is 25.0. The first kappa shape index (κ1) is 13.6. The molecule has 16 heavy (non-hydrogen) atoms. The molecule has 1 unspecified atom stereocenters. The molecule has 0 spiro atoms. The summed E-state index contributed by atoms with van der Waals surface area (Å²) in [5, 5.41) is -0.101. The maximum atomic E-state index is 11.9. The summed E-state index contributed by atoms with van der Waals surface area (Å²) in [5.41, 5.74) is 0. The Labute approximate surface area is 102 Å². The minimum Gasteiger partial charge on any atom is -0.282 e. The Morgan fingerprint density at radius 3 is 2.56 bits per heavy atom. The zero-order valence-corrected chi connectivity index (χ0v) is 11.0. The van der Waals surface area contributed by atoms with Gasteiger partial charge < -0.3 is 0 Å². The molecule has 1 heterocycles. The average molecular weight is 243 g/mol. The van der Waals surface area contributed by atoms with Gasteiger partial charge in [0, 0.05) is 13.0 Å². The van der Waals surface area contributed by atoms with Gasteiger partial charge >= 0.3 is 0 Å². The molecule has 0 saturated carbocycles. The quantitative estimate of drug-likeness (QED) is 0.509. The lowest BCUT2D eigenvalue weighted by atomic mass is 10.3. The summed E-state index contributed by atoms with van der Waals surface area (Å²) in [7, 11) is 0. The van der Waals surface area contributed by atoms with Crippen LogP contribution in [0.2, 0.25) is 0 Å². The van der Waals surface area contributed by atoms with E-state index in [4.69, 9.17) is 0 Å². The number of hydrogen-bond acceptors (Lipinski definition) is 3. The third-order valence-electron chi connectivity index (χ3n) is 2.75. The van der Waals surface area contributed by atoms with Gasteiger partial charge in [-0.25, -0.2) is 0 Å². The molecule has 1 aliphatic rings. The van der Waals surface area contributed by atoms with Crippen molar-refractivity contribution in [1.29, 1.82) is 0 Å². The van der Waals surface area contributed by atoms with Crippen molar-refractivity contribution in [3.8, 4) is 0 Å². The number of hydrogen-bond donors (Lipinski definition) is 0. The van der Waals surface area contributed by atoms with Crippen molar-refractivity contribution in [2.75, 3.05) is 12.3 Å². The van der Waals surface area contributed by atoms with E-state index >= 15 is 0 Å². The third-order valence-corrected chi connectivity index (χ3v) is 4.05. The molecular weight excluding hydrogens is 222 g/mol. The van der Waals surface area contributed by atoms with Gasteiger partial charge in [-0.15, -0.1) is 11.8 Å². The largest absolute Gasteiger partial charge is 0.282 e. The van der Waals surface area contributed by atoms with Crippen LogP contribution in [0.5, 0.6) is 0 Å². The van der Waals surface area contributed by atoms with Gasteiger partial charge in [-0.1, -0.05) is 26.7 Å². The Morgan fingerprint density at radius 1 is 1.25 bits per heavy atom. The van der Waals surface area contributed by atoms with Gasteiger partial charge in [-0.05, 0) is 18.6 Å². The Kier molecular flexibility index (Phi) is 5.88. The van der Waals surface area contributed by atoms with E-state index in [0.29, 0.717) is 13.0 Å². The molecular formula is C12H21NO2S. The Morgan fingerprint density at radius 2 is 1.94 bits per heavy atom. The number of imide groups is 1. The molecule has 0 aromatic carbocycles. The van der Waals surface area contributed by atoms with Crippen LogP contribution in [0.15, 0.2) is 0 Å². The normalized spacial score (nSPS) is 20.9. The van der Waals surface area contributed by atoms with Crippen LogP contribution >= 0.6 is 11.8 Å². The van der Waals surface area contributed by atoms with E-state index in [9.17, 15) is 9.59 Å². The summed E-state index contributed by atoms with van der Waals surface area (Å²) in [6.07, 6.45) is 4.62. The first-order chi connectivity index (χ1) is 7.70. The Bertz CT molecular complexity index is 255. The average Bonchev–Trinajstić information content (AvgIpc) is 2.53. The van der Waals surface area contributed by atoms with Crippen LogP contribution in [-0.4, -0.2) is 34.3 Å². The van der Waals surface area contributed by atoms with Gasteiger partial charge in [-0.3, -0.25) is 14.5 Å². The van der Waals surface area contributed by atoms with Crippen LogP contribution < -0.4 is 0 Å². The van der Waals surface area contributed by atoms with Crippen LogP contribution in [0, 0.1) is 0 Å². The molecule has 1 rings (SSSR count). The lowest BCUT2D eigenvalue weighted by Gasteiger charge is -2.13. The molecule has 0 bridgehead atoms. The van der Waals surface area contributed by atoms with Crippen molar-refractivity contribution in [3.63, 3.8) is 0 Å². The monoisotopic (exact) mass is 243 g/mol. The molecule has 0 radical (unpaired) electrons. The van der Waals surface area contributed by atoms with Crippen molar-refractivity contribution >= 4 is 23.6 Å². The molecule has 0 aromatic rings. The van der Waals surface area contributed by atoms with Gasteiger partial charge in [0.2, 0.25) is 11.8 Å². The molecule has 0 aliphatic carbocycles. The molecule has 0 aromatic heterocycles. The Hall–Kier alpha value is -0.510. The molecule has 92 valence electrons. The zero-order valence-electron chi connectivity index (χ0n) is 10.2. The summed E-state index contributed by atoms with van der Waals surface area (Å²) in [6.45, 7) is 4.81. The predicted molar refractivity (Wildman–Crippen MR) is 67.4 cm³/mol. The van der Waals surface area contributed by atoms with E-state index in [-0.39, 0.29) is 17.1 Å².